The summed E-state index contributed by atoms with van der Waals surface area (Å²) in [4.78, 5) is 38.2. The highest BCUT2D eigenvalue weighted by Crippen LogP contribution is 2.14. The van der Waals surface area contributed by atoms with Gasteiger partial charge in [-0.05, 0) is 122 Å². The zero-order valence-corrected chi connectivity index (χ0v) is 45.0. The van der Waals surface area contributed by atoms with Gasteiger partial charge < -0.3 is 14.2 Å². The molecule has 0 spiro atoms. The van der Waals surface area contributed by atoms with Gasteiger partial charge in [-0.2, -0.15) is 0 Å². The van der Waals surface area contributed by atoms with E-state index in [2.05, 4.69) is 118 Å². The van der Waals surface area contributed by atoms with Crippen molar-refractivity contribution in [2.45, 2.75) is 271 Å². The molecule has 0 heterocycles. The lowest BCUT2D eigenvalue weighted by Crippen LogP contribution is -2.30. The molecular weight excluding hydrogens is 853 g/mol. The average Bonchev–Trinajstić information content (AvgIpc) is 3.35. The quantitative estimate of drug-likeness (QED) is 0.0262. The van der Waals surface area contributed by atoms with Crippen LogP contribution in [0.15, 0.2) is 97.2 Å². The van der Waals surface area contributed by atoms with Crippen LogP contribution in [0.3, 0.4) is 0 Å². The third-order valence-corrected chi connectivity index (χ3v) is 12.0. The van der Waals surface area contributed by atoms with Crippen LogP contribution in [-0.4, -0.2) is 37.2 Å². The van der Waals surface area contributed by atoms with Crippen molar-refractivity contribution in [2.75, 3.05) is 13.2 Å². The van der Waals surface area contributed by atoms with Crippen LogP contribution in [0.25, 0.3) is 0 Å². The molecule has 0 fully saturated rings. The first-order valence-corrected chi connectivity index (χ1v) is 28.7. The molecule has 0 saturated heterocycles. The van der Waals surface area contributed by atoms with Gasteiger partial charge >= 0.3 is 17.9 Å². The Balaban J connectivity index is 4.46. The van der Waals surface area contributed by atoms with Crippen LogP contribution in [0.4, 0.5) is 0 Å². The molecule has 0 unspecified atom stereocenters. The summed E-state index contributed by atoms with van der Waals surface area (Å²) in [5.74, 6) is -0.931. The molecule has 0 bridgehead atoms. The number of ether oxygens (including phenoxy) is 3. The van der Waals surface area contributed by atoms with Crippen molar-refractivity contribution >= 4 is 17.9 Å². The number of carbonyl (C=O) groups is 3. The summed E-state index contributed by atoms with van der Waals surface area (Å²) >= 11 is 0. The van der Waals surface area contributed by atoms with Gasteiger partial charge in [-0.25, -0.2) is 0 Å². The fourth-order valence-corrected chi connectivity index (χ4v) is 7.73. The van der Waals surface area contributed by atoms with E-state index in [4.69, 9.17) is 14.2 Å². The van der Waals surface area contributed by atoms with E-state index in [1.54, 1.807) is 0 Å². The average molecular weight is 960 g/mol. The highest BCUT2D eigenvalue weighted by atomic mass is 16.6. The minimum atomic E-state index is -0.799. The highest BCUT2D eigenvalue weighted by molar-refractivity contribution is 5.71. The number of allylic oxidation sites excluding steroid dienone is 16. The molecule has 0 aliphatic carbocycles. The summed E-state index contributed by atoms with van der Waals surface area (Å²) in [6, 6.07) is 0. The molecule has 394 valence electrons. The van der Waals surface area contributed by atoms with Crippen LogP contribution in [0.1, 0.15) is 265 Å². The fraction of sp³-hybridized carbons (Fsp3) is 0.698. The topological polar surface area (TPSA) is 78.9 Å². The van der Waals surface area contributed by atoms with E-state index in [9.17, 15) is 14.4 Å². The third-order valence-electron chi connectivity index (χ3n) is 12.0. The molecule has 0 saturated carbocycles. The summed E-state index contributed by atoms with van der Waals surface area (Å²) < 4.78 is 16.8. The number of unbranched alkanes of at least 4 members (excludes halogenated alkanes) is 24. The van der Waals surface area contributed by atoms with Crippen LogP contribution >= 0.6 is 0 Å². The van der Waals surface area contributed by atoms with Crippen molar-refractivity contribution in [1.29, 1.82) is 0 Å². The van der Waals surface area contributed by atoms with Crippen molar-refractivity contribution in [3.63, 3.8) is 0 Å². The number of esters is 3. The smallest absolute Gasteiger partial charge is 0.306 e. The molecule has 0 aromatic heterocycles. The normalized spacial score (nSPS) is 12.4. The molecule has 6 heteroatoms. The van der Waals surface area contributed by atoms with E-state index in [1.807, 2.05) is 0 Å². The molecule has 6 nitrogen and oxygen atoms in total. The van der Waals surface area contributed by atoms with Crippen LogP contribution in [0.5, 0.6) is 0 Å². The lowest BCUT2D eigenvalue weighted by molar-refractivity contribution is -0.167. The lowest BCUT2D eigenvalue weighted by Gasteiger charge is -2.18. The minimum Gasteiger partial charge on any atom is -0.462 e. The zero-order valence-electron chi connectivity index (χ0n) is 45.0. The molecule has 0 aliphatic rings. The second kappa shape index (κ2) is 56.9. The SMILES string of the molecule is CC/C=C\C/C=C\C/C=C\C/C=C\CCCCCCC(=O)OC(COC(=O)CCCCCCCCC/C=C\C/C=C\CCCCC)COC(=O)CCCCCCCCC/C=C\C/C=C\CCCCC. The monoisotopic (exact) mass is 959 g/mol. The first-order valence-electron chi connectivity index (χ1n) is 28.7. The maximum absolute atomic E-state index is 12.9. The number of carbonyl (C=O) groups excluding carboxylic acids is 3. The number of rotatable bonds is 51. The second-order valence-corrected chi connectivity index (χ2v) is 18.8. The Morgan fingerprint density at radius 1 is 0.304 bits per heavy atom. The number of hydrogen-bond donors (Lipinski definition) is 0. The molecule has 0 N–H and O–H groups in total. The van der Waals surface area contributed by atoms with Gasteiger partial charge in [0.15, 0.2) is 6.10 Å². The molecule has 0 aliphatic heterocycles. The van der Waals surface area contributed by atoms with Gasteiger partial charge in [0.25, 0.3) is 0 Å². The fourth-order valence-electron chi connectivity index (χ4n) is 7.73. The van der Waals surface area contributed by atoms with Crippen molar-refractivity contribution < 1.29 is 28.6 Å². The van der Waals surface area contributed by atoms with Gasteiger partial charge in [-0.3, -0.25) is 14.4 Å². The van der Waals surface area contributed by atoms with Crippen molar-refractivity contribution in [2.24, 2.45) is 0 Å². The summed E-state index contributed by atoms with van der Waals surface area (Å²) in [5.41, 5.74) is 0. The third kappa shape index (κ3) is 55.1. The van der Waals surface area contributed by atoms with Crippen LogP contribution < -0.4 is 0 Å². The van der Waals surface area contributed by atoms with E-state index in [0.717, 1.165) is 122 Å². The Hall–Kier alpha value is -3.67. The summed E-state index contributed by atoms with van der Waals surface area (Å²) in [5, 5.41) is 0. The van der Waals surface area contributed by atoms with Crippen LogP contribution in [0, 0.1) is 0 Å². The van der Waals surface area contributed by atoms with Crippen molar-refractivity contribution in [3.05, 3.63) is 97.2 Å². The highest BCUT2D eigenvalue weighted by Gasteiger charge is 2.19. The van der Waals surface area contributed by atoms with Gasteiger partial charge in [-0.1, -0.05) is 221 Å². The van der Waals surface area contributed by atoms with E-state index < -0.39 is 6.10 Å². The molecule has 0 aromatic rings. The molecule has 0 amide bonds. The number of hydrogen-bond acceptors (Lipinski definition) is 6. The van der Waals surface area contributed by atoms with E-state index in [-0.39, 0.29) is 31.1 Å². The largest absolute Gasteiger partial charge is 0.462 e. The Morgan fingerprint density at radius 2 is 0.565 bits per heavy atom. The Morgan fingerprint density at radius 3 is 0.884 bits per heavy atom. The van der Waals surface area contributed by atoms with E-state index in [0.29, 0.717) is 19.3 Å². The van der Waals surface area contributed by atoms with E-state index in [1.165, 1.54) is 103 Å². The molecule has 69 heavy (non-hydrogen) atoms. The Kier molecular flexibility index (Phi) is 53.9. The van der Waals surface area contributed by atoms with Crippen molar-refractivity contribution in [1.82, 2.24) is 0 Å². The Labute approximate surface area is 426 Å². The lowest BCUT2D eigenvalue weighted by atomic mass is 10.1. The maximum Gasteiger partial charge on any atom is 0.306 e. The summed E-state index contributed by atoms with van der Waals surface area (Å²) in [6.07, 6.45) is 75.3. The predicted molar refractivity (Wildman–Crippen MR) is 297 cm³/mol. The van der Waals surface area contributed by atoms with Gasteiger partial charge in [-0.15, -0.1) is 0 Å². The van der Waals surface area contributed by atoms with E-state index >= 15 is 0 Å². The molecule has 0 atom stereocenters. The van der Waals surface area contributed by atoms with Gasteiger partial charge in [0, 0.05) is 19.3 Å². The van der Waals surface area contributed by atoms with Gasteiger partial charge in [0.1, 0.15) is 13.2 Å². The molecular formula is C63H106O6. The summed E-state index contributed by atoms with van der Waals surface area (Å²) in [7, 11) is 0. The standard InChI is InChI=1S/C63H106O6/c1-4-7-10-13-16-19-22-25-28-31-34-37-40-43-46-49-52-55-61(64)67-58-60(69-63(66)57-54-51-48-45-42-39-36-33-30-27-24-21-18-15-12-9-6-3)59-68-62(65)56-53-50-47-44-41-38-35-32-29-26-23-20-17-14-11-8-5-2/h9,12,16-21,25-30,36,39,60H,4-8,10-11,13-15,22-24,31-35,37-38,40-59H2,1-3H3/b12-9-,19-16-,20-17-,21-18-,28-25-,29-26-,30-27-,39-36-. The van der Waals surface area contributed by atoms with Gasteiger partial charge in [0.2, 0.25) is 0 Å². The minimum absolute atomic E-state index is 0.0949. The maximum atomic E-state index is 12.9. The first-order chi connectivity index (χ1) is 34.0. The predicted octanol–water partition coefficient (Wildman–Crippen LogP) is 19.3. The molecule has 0 aromatic carbocycles. The summed E-state index contributed by atoms with van der Waals surface area (Å²) in [6.45, 7) is 6.45. The second-order valence-electron chi connectivity index (χ2n) is 18.8. The van der Waals surface area contributed by atoms with Gasteiger partial charge in [0.05, 0.1) is 0 Å². The van der Waals surface area contributed by atoms with Crippen LogP contribution in [0.2, 0.25) is 0 Å². The molecule has 0 radical (unpaired) electrons. The zero-order chi connectivity index (χ0) is 50.0. The van der Waals surface area contributed by atoms with Crippen molar-refractivity contribution in [3.8, 4) is 0 Å². The molecule has 0 rings (SSSR count). The van der Waals surface area contributed by atoms with Crippen LogP contribution in [-0.2, 0) is 28.6 Å². The first kappa shape index (κ1) is 65.3. The Bertz CT molecular complexity index is 1310.